The molecule has 65 heavy (non-hydrogen) atoms. The molecule has 2 saturated heterocycles. The van der Waals surface area contributed by atoms with Crippen LogP contribution in [0.15, 0.2) is 46.9 Å². The second-order valence-electron chi connectivity index (χ2n) is 19.8. The van der Waals surface area contributed by atoms with Crippen molar-refractivity contribution in [3.8, 4) is 5.75 Å². The van der Waals surface area contributed by atoms with Gasteiger partial charge in [0.15, 0.2) is 29.4 Å². The van der Waals surface area contributed by atoms with E-state index in [0.29, 0.717) is 44.3 Å². The highest BCUT2D eigenvalue weighted by Gasteiger charge is 2.68. The zero-order chi connectivity index (χ0) is 46.2. The number of Topliss-reactive ketones (excluding diaryl/α,β-unsaturated/α-hetero) is 1. The van der Waals surface area contributed by atoms with Crippen LogP contribution in [0.4, 0.5) is 14.9 Å². The third-order valence-corrected chi connectivity index (χ3v) is 16.2. The standard InChI is InChI=1S/C48H58FN3O13/c1-46-13-10-29(53)17-27(46)6-9-31-33-11-14-48(61,47(33,2)21-37(56)41(31)46)38(57)24-63-39(58)18-30(54)19-40(59)64-25-65-45(60)52-15-4-5-26-22-50(23-35(26)52)43-34(49)20-32-36(55)12-16-51(28-7-8-28)42(32)44(43)62-3/h10,12-13,16-17,20,26,28,30-31,33,35,37,41,54,56,61H,4-9,11,14-15,18-19,21-25H2,1-3H3/t26?,30?,31?,33?,35?,37-,41?,46-,47-,48-/m0/s1. The summed E-state index contributed by atoms with van der Waals surface area (Å²) in [6.07, 6.45) is 7.98. The minimum absolute atomic E-state index is 0.00302. The Bertz CT molecular complexity index is 2430. The smallest absolute Gasteiger partial charge is 0.412 e. The van der Waals surface area contributed by atoms with Crippen LogP contribution in [0.2, 0.25) is 0 Å². The number of ketones is 2. The molecule has 0 spiro atoms. The van der Waals surface area contributed by atoms with Crippen molar-refractivity contribution in [1.29, 1.82) is 0 Å². The van der Waals surface area contributed by atoms with Gasteiger partial charge in [0.05, 0.1) is 49.1 Å². The fourth-order valence-electron chi connectivity index (χ4n) is 13.0. The summed E-state index contributed by atoms with van der Waals surface area (Å²) in [5.74, 6) is -3.31. The normalized spacial score (nSPS) is 33.0. The van der Waals surface area contributed by atoms with Gasteiger partial charge in [0, 0.05) is 54.7 Å². The lowest BCUT2D eigenvalue weighted by atomic mass is 9.46. The van der Waals surface area contributed by atoms with Crippen molar-refractivity contribution in [1.82, 2.24) is 9.47 Å². The molecule has 7 aliphatic rings. The quantitative estimate of drug-likeness (QED) is 0.201. The van der Waals surface area contributed by atoms with E-state index >= 15 is 4.39 Å². The summed E-state index contributed by atoms with van der Waals surface area (Å²) >= 11 is 0. The number of ether oxygens (including phenoxy) is 4. The first-order valence-corrected chi connectivity index (χ1v) is 22.9. The number of aliphatic hydroxyl groups excluding tert-OH is 2. The van der Waals surface area contributed by atoms with E-state index in [1.165, 1.54) is 24.1 Å². The van der Waals surface area contributed by atoms with Gasteiger partial charge in [-0.2, -0.15) is 0 Å². The number of amides is 1. The van der Waals surface area contributed by atoms with E-state index in [2.05, 4.69) is 0 Å². The Morgan fingerprint density at radius 2 is 1.75 bits per heavy atom. The monoisotopic (exact) mass is 903 g/mol. The lowest BCUT2D eigenvalue weighted by Crippen LogP contribution is -2.61. The first-order valence-electron chi connectivity index (χ1n) is 22.9. The van der Waals surface area contributed by atoms with Crippen molar-refractivity contribution in [3.63, 3.8) is 0 Å². The lowest BCUT2D eigenvalue weighted by Gasteiger charge is -2.59. The van der Waals surface area contributed by atoms with Crippen molar-refractivity contribution in [2.24, 2.45) is 34.5 Å². The number of esters is 2. The van der Waals surface area contributed by atoms with E-state index < -0.39 is 84.5 Å². The number of benzene rings is 1. The topological polar surface area (TPSA) is 211 Å². The summed E-state index contributed by atoms with van der Waals surface area (Å²) in [4.78, 5) is 80.6. The number of halogens is 1. The Morgan fingerprint density at radius 1 is 1.00 bits per heavy atom. The average molecular weight is 904 g/mol. The SMILES string of the molecule is COc1c(N2CC3CCCN(C(=O)OCOC(=O)CC(O)CC(=O)OCC(=O)[C@@]4(O)CCC5C6CCC7=CC(=O)C=C[C@]7(C)C6[C@@H](O)C[C@@]54C)C3C2)c(F)cc2c(=O)ccn(C3CC3)c12. The molecule has 6 unspecified atom stereocenters. The number of carbonyl (C=O) groups is 5. The number of hydrogen-bond acceptors (Lipinski definition) is 14. The van der Waals surface area contributed by atoms with Crippen LogP contribution in [-0.2, 0) is 33.4 Å². The predicted molar refractivity (Wildman–Crippen MR) is 230 cm³/mol. The summed E-state index contributed by atoms with van der Waals surface area (Å²) in [5, 5.41) is 34.3. The van der Waals surface area contributed by atoms with Gasteiger partial charge in [0.25, 0.3) is 0 Å². The first-order chi connectivity index (χ1) is 31.0. The minimum Gasteiger partial charge on any atom is -0.492 e. The van der Waals surface area contributed by atoms with Gasteiger partial charge in [-0.1, -0.05) is 25.5 Å². The molecule has 3 N–H and O–H groups in total. The number of rotatable bonds is 12. The second kappa shape index (κ2) is 16.9. The molecule has 0 bridgehead atoms. The number of aromatic nitrogens is 1. The molecule has 2 aromatic rings. The summed E-state index contributed by atoms with van der Waals surface area (Å²) in [6.45, 7) is 3.42. The van der Waals surface area contributed by atoms with E-state index in [1.54, 1.807) is 18.3 Å². The number of fused-ring (bicyclic) bond motifs is 7. The maximum atomic E-state index is 15.9. The summed E-state index contributed by atoms with van der Waals surface area (Å²) in [6, 6.07) is 2.56. The van der Waals surface area contributed by atoms with Crippen LogP contribution in [0.3, 0.4) is 0 Å². The lowest BCUT2D eigenvalue weighted by molar-refractivity contribution is -0.181. The Hall–Kier alpha value is -5.13. The van der Waals surface area contributed by atoms with E-state index in [9.17, 15) is 44.1 Å². The van der Waals surface area contributed by atoms with Gasteiger partial charge in [-0.05, 0) is 93.8 Å². The number of anilines is 1. The van der Waals surface area contributed by atoms with Gasteiger partial charge in [-0.3, -0.25) is 24.0 Å². The Kier molecular flexibility index (Phi) is 11.7. The molecule has 1 aromatic heterocycles. The highest BCUT2D eigenvalue weighted by atomic mass is 19.1. The molecule has 4 saturated carbocycles. The van der Waals surface area contributed by atoms with Crippen LogP contribution in [-0.4, -0.2) is 118 Å². The predicted octanol–water partition coefficient (Wildman–Crippen LogP) is 4.29. The van der Waals surface area contributed by atoms with Gasteiger partial charge in [0.2, 0.25) is 12.6 Å². The molecule has 6 fully saturated rings. The summed E-state index contributed by atoms with van der Waals surface area (Å²) in [5.41, 5.74) is -1.89. The van der Waals surface area contributed by atoms with Crippen LogP contribution < -0.4 is 15.1 Å². The molecular formula is C48H58FN3O13. The molecule has 16 nitrogen and oxygen atoms in total. The molecule has 0 radical (unpaired) electrons. The van der Waals surface area contributed by atoms with Gasteiger partial charge in [0.1, 0.15) is 11.3 Å². The van der Waals surface area contributed by atoms with Crippen LogP contribution in [0.25, 0.3) is 10.9 Å². The fourth-order valence-corrected chi connectivity index (χ4v) is 13.0. The molecular weight excluding hydrogens is 846 g/mol. The molecule has 3 heterocycles. The molecule has 1 aromatic carbocycles. The van der Waals surface area contributed by atoms with Crippen molar-refractivity contribution in [2.75, 3.05) is 45.0 Å². The van der Waals surface area contributed by atoms with E-state index in [4.69, 9.17) is 18.9 Å². The number of piperidine rings is 1. The number of likely N-dealkylation sites (tertiary alicyclic amines) is 1. The van der Waals surface area contributed by atoms with Crippen molar-refractivity contribution in [3.05, 3.63) is 58.2 Å². The molecule has 10 atom stereocenters. The zero-order valence-electron chi connectivity index (χ0n) is 37.0. The minimum atomic E-state index is -1.86. The number of carbonyl (C=O) groups excluding carboxylic acids is 5. The molecule has 1 amide bonds. The highest BCUT2D eigenvalue weighted by Crippen LogP contribution is 2.67. The summed E-state index contributed by atoms with van der Waals surface area (Å²) < 4.78 is 39.2. The van der Waals surface area contributed by atoms with Gasteiger partial charge >= 0.3 is 18.0 Å². The van der Waals surface area contributed by atoms with Crippen LogP contribution in [0, 0.1) is 40.3 Å². The molecule has 350 valence electrons. The number of nitrogens with zero attached hydrogens (tertiary/aromatic N) is 3. The number of hydrogen-bond donors (Lipinski definition) is 3. The van der Waals surface area contributed by atoms with Crippen molar-refractivity contribution >= 4 is 46.2 Å². The largest absolute Gasteiger partial charge is 0.492 e. The van der Waals surface area contributed by atoms with Gasteiger partial charge in [-0.15, -0.1) is 0 Å². The van der Waals surface area contributed by atoms with Crippen molar-refractivity contribution < 1.29 is 62.6 Å². The van der Waals surface area contributed by atoms with Crippen LogP contribution in [0.5, 0.6) is 5.75 Å². The Balaban J connectivity index is 0.742. The Labute approximate surface area is 375 Å². The number of aliphatic hydroxyl groups is 3. The number of methoxy groups -OCH3 is 1. The van der Waals surface area contributed by atoms with Crippen LogP contribution >= 0.6 is 0 Å². The van der Waals surface area contributed by atoms with Crippen molar-refractivity contribution in [2.45, 2.75) is 114 Å². The van der Waals surface area contributed by atoms with Gasteiger partial charge < -0.3 is 48.6 Å². The second-order valence-corrected chi connectivity index (χ2v) is 19.8. The molecule has 2 aliphatic heterocycles. The zero-order valence-corrected chi connectivity index (χ0v) is 37.0. The Morgan fingerprint density at radius 3 is 2.49 bits per heavy atom. The number of allylic oxidation sites excluding steroid dienone is 4. The summed E-state index contributed by atoms with van der Waals surface area (Å²) in [7, 11) is 1.45. The average Bonchev–Trinajstić information content (AvgIpc) is 3.95. The first kappa shape index (κ1) is 45.0. The number of pyridine rings is 1. The molecule has 9 rings (SSSR count). The third-order valence-electron chi connectivity index (χ3n) is 16.2. The van der Waals surface area contributed by atoms with E-state index in [-0.39, 0.29) is 83.2 Å². The highest BCUT2D eigenvalue weighted by molar-refractivity contribution is 6.01. The molecule has 5 aliphatic carbocycles. The fraction of sp³-hybridized carbons (Fsp3) is 0.625. The maximum Gasteiger partial charge on any atom is 0.412 e. The van der Waals surface area contributed by atoms with Gasteiger partial charge in [-0.25, -0.2) is 9.18 Å². The molecule has 17 heteroatoms. The van der Waals surface area contributed by atoms with E-state index in [0.717, 1.165) is 24.8 Å². The third kappa shape index (κ3) is 7.74. The van der Waals surface area contributed by atoms with Crippen LogP contribution in [0.1, 0.15) is 90.5 Å². The van der Waals surface area contributed by atoms with E-state index in [1.807, 2.05) is 29.4 Å². The maximum absolute atomic E-state index is 15.9.